The maximum Gasteiger partial charge on any atom is 0.323 e. The van der Waals surface area contributed by atoms with Crippen molar-refractivity contribution in [2.24, 2.45) is 0 Å². The molecule has 9 heteroatoms. The van der Waals surface area contributed by atoms with E-state index in [1.165, 1.54) is 0 Å². The largest absolute Gasteiger partial charge is 0.480 e. The zero-order valence-electron chi connectivity index (χ0n) is 11.9. The molecule has 5 nitrogen and oxygen atoms in total. The van der Waals surface area contributed by atoms with E-state index in [0.29, 0.717) is 10.7 Å². The van der Waals surface area contributed by atoms with Crippen molar-refractivity contribution in [3.63, 3.8) is 0 Å². The smallest absolute Gasteiger partial charge is 0.323 e. The molecule has 0 atom stereocenters. The molecule has 124 valence electrons. The third kappa shape index (κ3) is 4.62. The molecule has 1 aliphatic heterocycles. The molecule has 0 aromatic heterocycles. The Balaban J connectivity index is 2.29. The molecular weight excluding hydrogens is 576 g/mol. The lowest BCUT2D eigenvalue weighted by molar-refractivity contribution is -0.140. The van der Waals surface area contributed by atoms with Crippen molar-refractivity contribution in [2.75, 3.05) is 13.2 Å². The third-order valence-electron chi connectivity index (χ3n) is 2.79. The molecule has 0 saturated carbocycles. The zero-order chi connectivity index (χ0) is 17.9. The molecular formula is C15H9I2NO4S2. The van der Waals surface area contributed by atoms with Gasteiger partial charge >= 0.3 is 5.97 Å². The number of ether oxygens (including phenoxy) is 1. The second-order valence-electron chi connectivity index (χ2n) is 4.47. The number of thioether (sulfide) groups is 1. The highest BCUT2D eigenvalue weighted by Crippen LogP contribution is 2.34. The monoisotopic (exact) mass is 585 g/mol. The Kier molecular flexibility index (Phi) is 6.90. The van der Waals surface area contributed by atoms with Gasteiger partial charge in [-0.3, -0.25) is 14.5 Å². The van der Waals surface area contributed by atoms with Gasteiger partial charge in [0.15, 0.2) is 0 Å². The summed E-state index contributed by atoms with van der Waals surface area (Å²) in [5, 5.41) is 8.85. The number of aliphatic carboxylic acids is 1. The summed E-state index contributed by atoms with van der Waals surface area (Å²) in [4.78, 5) is 24.6. The Morgan fingerprint density at radius 2 is 2.08 bits per heavy atom. The molecule has 1 fully saturated rings. The summed E-state index contributed by atoms with van der Waals surface area (Å²) < 4.78 is 7.47. The van der Waals surface area contributed by atoms with Crippen LogP contribution in [-0.2, 0) is 9.59 Å². The van der Waals surface area contributed by atoms with Gasteiger partial charge in [-0.05, 0) is 69.0 Å². The number of halogens is 2. The van der Waals surface area contributed by atoms with Gasteiger partial charge in [-0.25, -0.2) is 0 Å². The first kappa shape index (κ1) is 19.5. The number of nitrogens with zero attached hydrogens (tertiary/aromatic N) is 1. The molecule has 1 aromatic rings. The summed E-state index contributed by atoms with van der Waals surface area (Å²) in [7, 11) is 0. The maximum absolute atomic E-state index is 12.3. The fourth-order valence-electron chi connectivity index (χ4n) is 1.84. The van der Waals surface area contributed by atoms with Crippen LogP contribution in [0.4, 0.5) is 0 Å². The normalized spacial score (nSPS) is 15.7. The molecule has 0 radical (unpaired) electrons. The Hall–Kier alpha value is -0.840. The van der Waals surface area contributed by atoms with Crippen LogP contribution in [0.1, 0.15) is 5.56 Å². The number of rotatable bonds is 5. The lowest BCUT2D eigenvalue weighted by Crippen LogP contribution is -2.33. The molecule has 24 heavy (non-hydrogen) atoms. The number of carbonyl (C=O) groups is 2. The zero-order valence-corrected chi connectivity index (χ0v) is 17.9. The van der Waals surface area contributed by atoms with E-state index >= 15 is 0 Å². The van der Waals surface area contributed by atoms with Crippen molar-refractivity contribution >= 4 is 91.4 Å². The van der Waals surface area contributed by atoms with Gasteiger partial charge in [-0.15, -0.1) is 6.42 Å². The van der Waals surface area contributed by atoms with Gasteiger partial charge in [0.1, 0.15) is 23.2 Å². The lowest BCUT2D eigenvalue weighted by atomic mass is 10.2. The van der Waals surface area contributed by atoms with Crippen LogP contribution < -0.4 is 4.74 Å². The molecule has 0 spiro atoms. The van der Waals surface area contributed by atoms with Gasteiger partial charge in [0.05, 0.1) is 12.0 Å². The van der Waals surface area contributed by atoms with Gasteiger partial charge < -0.3 is 9.84 Å². The van der Waals surface area contributed by atoms with E-state index in [1.54, 1.807) is 6.08 Å². The predicted octanol–water partition coefficient (Wildman–Crippen LogP) is 3.19. The standard InChI is InChI=1S/C15H9I2NO4S2/c1-2-3-22-13-9(16)4-8(5-10(13)17)6-11-14(21)18(7-12(19)20)15(23)24-11/h1,4-6H,3,7H2,(H,19,20)/b11-6+. The van der Waals surface area contributed by atoms with Crippen molar-refractivity contribution in [1.82, 2.24) is 4.90 Å². The molecule has 1 N–H and O–H groups in total. The quantitative estimate of drug-likeness (QED) is 0.248. The van der Waals surface area contributed by atoms with Crippen LogP contribution in [0, 0.1) is 19.5 Å². The summed E-state index contributed by atoms with van der Waals surface area (Å²) in [6, 6.07) is 3.72. The Morgan fingerprint density at radius 1 is 1.46 bits per heavy atom. The number of carboxylic acids is 1. The van der Waals surface area contributed by atoms with E-state index in [9.17, 15) is 9.59 Å². The predicted molar refractivity (Wildman–Crippen MR) is 114 cm³/mol. The summed E-state index contributed by atoms with van der Waals surface area (Å²) in [6.45, 7) is -0.255. The number of hydrogen-bond acceptors (Lipinski definition) is 5. The number of amides is 1. The van der Waals surface area contributed by atoms with Crippen molar-refractivity contribution in [3.05, 3.63) is 29.7 Å². The van der Waals surface area contributed by atoms with Crippen LogP contribution in [0.2, 0.25) is 0 Å². The first-order valence-corrected chi connectivity index (χ1v) is 9.74. The minimum atomic E-state index is -1.10. The molecule has 0 bridgehead atoms. The van der Waals surface area contributed by atoms with E-state index in [4.69, 9.17) is 28.5 Å². The highest BCUT2D eigenvalue weighted by molar-refractivity contribution is 14.1. The topological polar surface area (TPSA) is 66.8 Å². The van der Waals surface area contributed by atoms with Crippen molar-refractivity contribution in [1.29, 1.82) is 0 Å². The van der Waals surface area contributed by atoms with Gasteiger partial charge in [-0.2, -0.15) is 0 Å². The average molecular weight is 585 g/mol. The van der Waals surface area contributed by atoms with Gasteiger partial charge in [0, 0.05) is 0 Å². The number of benzene rings is 1. The highest BCUT2D eigenvalue weighted by atomic mass is 127. The molecule has 1 aliphatic rings. The lowest BCUT2D eigenvalue weighted by Gasteiger charge is -2.10. The van der Waals surface area contributed by atoms with Crippen LogP contribution in [0.5, 0.6) is 5.75 Å². The Morgan fingerprint density at radius 3 is 2.62 bits per heavy atom. The van der Waals surface area contributed by atoms with E-state index in [0.717, 1.165) is 29.4 Å². The molecule has 1 aromatic carbocycles. The molecule has 0 unspecified atom stereocenters. The minimum absolute atomic E-state index is 0.180. The van der Waals surface area contributed by atoms with Crippen LogP contribution >= 0.6 is 69.2 Å². The summed E-state index contributed by atoms with van der Waals surface area (Å²) in [5.41, 5.74) is 0.799. The van der Waals surface area contributed by atoms with Gasteiger partial charge in [0.2, 0.25) is 0 Å². The second-order valence-corrected chi connectivity index (χ2v) is 8.47. The molecule has 0 aliphatic carbocycles. The molecule has 1 amide bonds. The van der Waals surface area contributed by atoms with Crippen LogP contribution in [0.15, 0.2) is 17.0 Å². The highest BCUT2D eigenvalue weighted by Gasteiger charge is 2.33. The fraction of sp³-hybridized carbons (Fsp3) is 0.133. The number of carboxylic acid groups (broad SMARTS) is 1. The Labute approximate surface area is 175 Å². The minimum Gasteiger partial charge on any atom is -0.480 e. The first-order chi connectivity index (χ1) is 11.3. The van der Waals surface area contributed by atoms with E-state index in [1.807, 2.05) is 12.1 Å². The average Bonchev–Trinajstić information content (AvgIpc) is 2.74. The first-order valence-electron chi connectivity index (χ1n) is 6.36. The van der Waals surface area contributed by atoms with E-state index < -0.39 is 18.4 Å². The number of terminal acetylenes is 1. The summed E-state index contributed by atoms with van der Waals surface area (Å²) in [5.74, 6) is 1.61. The maximum atomic E-state index is 12.3. The van der Waals surface area contributed by atoms with E-state index in [2.05, 4.69) is 51.1 Å². The second kappa shape index (κ2) is 8.50. The van der Waals surface area contributed by atoms with Crippen LogP contribution in [-0.4, -0.2) is 39.4 Å². The number of thiocarbonyl (C=S) groups is 1. The molecule has 1 heterocycles. The van der Waals surface area contributed by atoms with Crippen LogP contribution in [0.25, 0.3) is 6.08 Å². The molecule has 2 rings (SSSR count). The number of hydrogen-bond donors (Lipinski definition) is 1. The summed E-state index contributed by atoms with van der Waals surface area (Å²) >= 11 is 10.4. The van der Waals surface area contributed by atoms with Crippen molar-refractivity contribution < 1.29 is 19.4 Å². The SMILES string of the molecule is C#CCOc1c(I)cc(/C=C2/SC(=S)N(CC(=O)O)C2=O)cc1I. The fourth-order valence-corrected chi connectivity index (χ4v) is 5.22. The van der Waals surface area contributed by atoms with E-state index in [-0.39, 0.29) is 10.9 Å². The van der Waals surface area contributed by atoms with Crippen LogP contribution in [0.3, 0.4) is 0 Å². The third-order valence-corrected chi connectivity index (χ3v) is 5.77. The molecule has 1 saturated heterocycles. The van der Waals surface area contributed by atoms with Crippen molar-refractivity contribution in [3.8, 4) is 18.1 Å². The van der Waals surface area contributed by atoms with Gasteiger partial charge in [0.25, 0.3) is 5.91 Å². The van der Waals surface area contributed by atoms with Crippen molar-refractivity contribution in [2.45, 2.75) is 0 Å². The number of carbonyl (C=O) groups excluding carboxylic acids is 1. The summed E-state index contributed by atoms with van der Waals surface area (Å²) in [6.07, 6.45) is 6.89. The van der Waals surface area contributed by atoms with Gasteiger partial charge in [-0.1, -0.05) is 29.9 Å². The Bertz CT molecular complexity index is 778.